The number of amides is 1. The van der Waals surface area contributed by atoms with Crippen molar-refractivity contribution in [1.29, 1.82) is 0 Å². The average molecular weight is 439 g/mol. The molecule has 158 valence electrons. The minimum absolute atomic E-state index is 0.130. The third-order valence-electron chi connectivity index (χ3n) is 4.38. The molecule has 3 aromatic rings. The van der Waals surface area contributed by atoms with Gasteiger partial charge < -0.3 is 5.32 Å². The summed E-state index contributed by atoms with van der Waals surface area (Å²) in [6.07, 6.45) is -3.13. The van der Waals surface area contributed by atoms with E-state index >= 15 is 0 Å². The van der Waals surface area contributed by atoms with Crippen LogP contribution in [-0.4, -0.2) is 30.4 Å². The van der Waals surface area contributed by atoms with Crippen molar-refractivity contribution in [2.45, 2.75) is 33.4 Å². The molecule has 0 bridgehead atoms. The summed E-state index contributed by atoms with van der Waals surface area (Å²) in [6.45, 7) is 3.06. The van der Waals surface area contributed by atoms with E-state index in [1.54, 1.807) is 22.9 Å². The van der Waals surface area contributed by atoms with Crippen molar-refractivity contribution < 1.29 is 18.5 Å². The van der Waals surface area contributed by atoms with Crippen LogP contribution in [0.15, 0.2) is 30.3 Å². The number of hydrogen-bond donors (Lipinski definition) is 1. The zero-order valence-electron chi connectivity index (χ0n) is 16.0. The number of halogens is 3. The van der Waals surface area contributed by atoms with Gasteiger partial charge in [-0.15, -0.1) is 0 Å². The highest BCUT2D eigenvalue weighted by atomic mass is 35.5. The summed E-state index contributed by atoms with van der Waals surface area (Å²) in [5.41, 5.74) is -0.141. The van der Waals surface area contributed by atoms with Gasteiger partial charge in [-0.05, 0) is 31.5 Å². The quantitative estimate of drug-likeness (QED) is 0.445. The minimum atomic E-state index is -3.13. The molecule has 0 spiro atoms. The number of carbonyl (C=O) groups excluding carboxylic acids is 1. The molecule has 0 radical (unpaired) electrons. The van der Waals surface area contributed by atoms with Crippen LogP contribution < -0.4 is 5.32 Å². The van der Waals surface area contributed by atoms with Gasteiger partial charge in [0.15, 0.2) is 5.82 Å². The molecule has 9 nitrogen and oxygen atoms in total. The number of aromatic nitrogens is 4. The van der Waals surface area contributed by atoms with E-state index in [1.165, 1.54) is 6.92 Å². The Morgan fingerprint density at radius 1 is 1.23 bits per heavy atom. The molecule has 2 heterocycles. The molecule has 0 saturated carbocycles. The molecule has 1 amide bonds. The molecule has 0 aliphatic rings. The summed E-state index contributed by atoms with van der Waals surface area (Å²) in [5, 5.41) is 22.0. The zero-order valence-corrected chi connectivity index (χ0v) is 16.7. The molecule has 12 heteroatoms. The molecule has 0 saturated heterocycles. The fourth-order valence-corrected chi connectivity index (χ4v) is 3.03. The smallest absolute Gasteiger partial charge is 0.308 e. The van der Waals surface area contributed by atoms with Gasteiger partial charge in [0.1, 0.15) is 12.2 Å². The predicted molar refractivity (Wildman–Crippen MR) is 105 cm³/mol. The second-order valence-electron chi connectivity index (χ2n) is 6.54. The topological polar surface area (TPSA) is 108 Å². The standard InChI is InChI=1S/C18H17ClF2N6O3/c1-10-7-14(23-25(10)8-12-3-5-13(19)6-4-12)22-15(28)9-26-11(2)17(27(29)30)16(24-26)18(20)21/h3-7,18H,8-9H2,1-2H3,(H,22,23,28). The molecule has 30 heavy (non-hydrogen) atoms. The molecule has 0 atom stereocenters. The van der Waals surface area contributed by atoms with Gasteiger partial charge in [0.2, 0.25) is 11.6 Å². The van der Waals surface area contributed by atoms with E-state index in [0.29, 0.717) is 11.6 Å². The molecule has 0 fully saturated rings. The lowest BCUT2D eigenvalue weighted by atomic mass is 10.2. The van der Waals surface area contributed by atoms with E-state index in [-0.39, 0.29) is 11.5 Å². The van der Waals surface area contributed by atoms with Crippen LogP contribution in [0.25, 0.3) is 0 Å². The molecule has 0 aliphatic carbocycles. The first-order valence-electron chi connectivity index (χ1n) is 8.74. The summed E-state index contributed by atoms with van der Waals surface area (Å²) < 4.78 is 28.6. The highest BCUT2D eigenvalue weighted by Gasteiger charge is 2.31. The number of nitrogens with one attached hydrogen (secondary N) is 1. The Kier molecular flexibility index (Phi) is 6.11. The Labute approximate surface area is 174 Å². The van der Waals surface area contributed by atoms with E-state index in [2.05, 4.69) is 15.5 Å². The summed E-state index contributed by atoms with van der Waals surface area (Å²) >= 11 is 5.87. The third kappa shape index (κ3) is 4.62. The Morgan fingerprint density at radius 2 is 1.90 bits per heavy atom. The van der Waals surface area contributed by atoms with Crippen LogP contribution in [0.1, 0.15) is 29.1 Å². The van der Waals surface area contributed by atoms with Crippen LogP contribution in [0.3, 0.4) is 0 Å². The summed E-state index contributed by atoms with van der Waals surface area (Å²) in [7, 11) is 0. The van der Waals surface area contributed by atoms with Crippen molar-refractivity contribution in [3.05, 3.63) is 68.1 Å². The maximum Gasteiger partial charge on any atom is 0.319 e. The maximum atomic E-state index is 13.0. The maximum absolute atomic E-state index is 13.0. The van der Waals surface area contributed by atoms with Crippen molar-refractivity contribution >= 4 is 29.0 Å². The zero-order chi connectivity index (χ0) is 22.0. The van der Waals surface area contributed by atoms with Gasteiger partial charge in [-0.25, -0.2) is 8.78 Å². The van der Waals surface area contributed by atoms with Crippen molar-refractivity contribution in [3.63, 3.8) is 0 Å². The Balaban J connectivity index is 1.72. The van der Waals surface area contributed by atoms with Crippen molar-refractivity contribution in [1.82, 2.24) is 19.6 Å². The predicted octanol–water partition coefficient (Wildman–Crippen LogP) is 3.88. The fraction of sp³-hybridized carbons (Fsp3) is 0.278. The summed E-state index contributed by atoms with van der Waals surface area (Å²) in [5.74, 6) is -0.340. The Hall–Kier alpha value is -3.34. The fourth-order valence-electron chi connectivity index (χ4n) is 2.90. The van der Waals surface area contributed by atoms with Crippen LogP contribution in [-0.2, 0) is 17.9 Å². The van der Waals surface area contributed by atoms with E-state index < -0.39 is 35.2 Å². The highest BCUT2D eigenvalue weighted by Crippen LogP contribution is 2.30. The highest BCUT2D eigenvalue weighted by molar-refractivity contribution is 6.30. The number of alkyl halides is 2. The number of nitro groups is 1. The number of rotatable bonds is 7. The molecular weight excluding hydrogens is 422 g/mol. The molecule has 0 unspecified atom stereocenters. The lowest BCUT2D eigenvalue weighted by Gasteiger charge is -2.05. The lowest BCUT2D eigenvalue weighted by Crippen LogP contribution is -2.21. The summed E-state index contributed by atoms with van der Waals surface area (Å²) in [6, 6.07) is 8.89. The summed E-state index contributed by atoms with van der Waals surface area (Å²) in [4.78, 5) is 22.4. The minimum Gasteiger partial charge on any atom is -0.308 e. The van der Waals surface area contributed by atoms with Crippen LogP contribution in [0.2, 0.25) is 5.02 Å². The first-order valence-corrected chi connectivity index (χ1v) is 9.12. The third-order valence-corrected chi connectivity index (χ3v) is 4.63. The number of nitrogens with zero attached hydrogens (tertiary/aromatic N) is 5. The van der Waals surface area contributed by atoms with Gasteiger partial charge in [-0.1, -0.05) is 23.7 Å². The van der Waals surface area contributed by atoms with E-state index in [9.17, 15) is 23.7 Å². The SMILES string of the molecule is Cc1cc(NC(=O)Cn2nc(C(F)F)c([N+](=O)[O-])c2C)nn1Cc1ccc(Cl)cc1. The number of carbonyl (C=O) groups is 1. The molecule has 1 aromatic carbocycles. The van der Waals surface area contributed by atoms with Crippen LogP contribution >= 0.6 is 11.6 Å². The monoisotopic (exact) mass is 438 g/mol. The van der Waals surface area contributed by atoms with E-state index in [0.717, 1.165) is 15.9 Å². The van der Waals surface area contributed by atoms with Gasteiger partial charge in [-0.3, -0.25) is 24.3 Å². The Morgan fingerprint density at radius 3 is 2.47 bits per heavy atom. The normalized spacial score (nSPS) is 11.1. The second-order valence-corrected chi connectivity index (χ2v) is 6.97. The number of benzene rings is 1. The lowest BCUT2D eigenvalue weighted by molar-refractivity contribution is -0.386. The van der Waals surface area contributed by atoms with Gasteiger partial charge >= 0.3 is 5.69 Å². The Bertz CT molecular complexity index is 1090. The van der Waals surface area contributed by atoms with Crippen LogP contribution in [0.5, 0.6) is 0 Å². The van der Waals surface area contributed by atoms with Crippen molar-refractivity contribution in [3.8, 4) is 0 Å². The van der Waals surface area contributed by atoms with Gasteiger partial charge in [0.25, 0.3) is 6.43 Å². The average Bonchev–Trinajstić information content (AvgIpc) is 3.17. The second kappa shape index (κ2) is 8.57. The first-order chi connectivity index (χ1) is 14.2. The molecular formula is C18H17ClF2N6O3. The molecule has 3 rings (SSSR count). The van der Waals surface area contributed by atoms with E-state index in [1.807, 2.05) is 19.1 Å². The van der Waals surface area contributed by atoms with Gasteiger partial charge in [0.05, 0.1) is 11.5 Å². The van der Waals surface area contributed by atoms with Crippen LogP contribution in [0, 0.1) is 24.0 Å². The van der Waals surface area contributed by atoms with Crippen molar-refractivity contribution in [2.75, 3.05) is 5.32 Å². The largest absolute Gasteiger partial charge is 0.319 e. The molecule has 1 N–H and O–H groups in total. The number of aryl methyl sites for hydroxylation is 1. The molecule has 0 aliphatic heterocycles. The number of anilines is 1. The first kappa shape index (κ1) is 21.4. The van der Waals surface area contributed by atoms with Crippen molar-refractivity contribution in [2.24, 2.45) is 0 Å². The molecule has 2 aromatic heterocycles. The number of hydrogen-bond acceptors (Lipinski definition) is 5. The van der Waals surface area contributed by atoms with E-state index in [4.69, 9.17) is 11.6 Å². The van der Waals surface area contributed by atoms with Gasteiger partial charge in [0, 0.05) is 16.8 Å². The van der Waals surface area contributed by atoms with Gasteiger partial charge in [-0.2, -0.15) is 10.2 Å². The van der Waals surface area contributed by atoms with Crippen LogP contribution in [0.4, 0.5) is 20.3 Å².